The van der Waals surface area contributed by atoms with Gasteiger partial charge in [-0.1, -0.05) is 0 Å². The van der Waals surface area contributed by atoms with Crippen molar-refractivity contribution in [2.75, 3.05) is 7.05 Å². The van der Waals surface area contributed by atoms with Crippen molar-refractivity contribution in [1.29, 1.82) is 5.41 Å². The molecule has 54 valence electrons. The molecular weight excluding hydrogens is 138 g/mol. The summed E-state index contributed by atoms with van der Waals surface area (Å²) in [4.78, 5) is 1.81. The lowest BCUT2D eigenvalue weighted by atomic mass is 10.6. The van der Waals surface area contributed by atoms with E-state index in [1.807, 2.05) is 7.05 Å². The molecule has 1 aliphatic rings. The summed E-state index contributed by atoms with van der Waals surface area (Å²) >= 11 is 0. The molecule has 1 aliphatic carbocycles. The molecule has 3 nitrogen and oxygen atoms in total. The number of nitrogens with two attached hydrogens (primary N) is 1. The highest BCUT2D eigenvalue weighted by Gasteiger charge is 2.26. The van der Waals surface area contributed by atoms with Gasteiger partial charge in [0.25, 0.3) is 0 Å². The first-order valence-electron chi connectivity index (χ1n) is 2.78. The molecule has 0 aromatic carbocycles. The molecule has 0 heterocycles. The van der Waals surface area contributed by atoms with Crippen molar-refractivity contribution in [2.45, 2.75) is 18.9 Å². The van der Waals surface area contributed by atoms with E-state index in [2.05, 4.69) is 0 Å². The van der Waals surface area contributed by atoms with E-state index in [1.54, 1.807) is 4.90 Å². The monoisotopic (exact) mass is 149 g/mol. The van der Waals surface area contributed by atoms with Gasteiger partial charge in [0.15, 0.2) is 5.96 Å². The van der Waals surface area contributed by atoms with Crippen LogP contribution in [0.15, 0.2) is 0 Å². The third-order valence-corrected chi connectivity index (χ3v) is 1.47. The highest BCUT2D eigenvalue weighted by molar-refractivity contribution is 5.85. The van der Waals surface area contributed by atoms with E-state index >= 15 is 0 Å². The van der Waals surface area contributed by atoms with Crippen LogP contribution in [0, 0.1) is 5.41 Å². The third kappa shape index (κ3) is 2.10. The summed E-state index contributed by atoms with van der Waals surface area (Å²) in [5.74, 6) is 0.188. The Bertz CT molecular complexity index is 111. The Morgan fingerprint density at radius 3 is 2.22 bits per heavy atom. The van der Waals surface area contributed by atoms with E-state index in [0.717, 1.165) is 0 Å². The molecule has 1 rings (SSSR count). The van der Waals surface area contributed by atoms with Gasteiger partial charge in [-0.15, -0.1) is 12.4 Å². The summed E-state index contributed by atoms with van der Waals surface area (Å²) in [5.41, 5.74) is 5.19. The average Bonchev–Trinajstić information content (AvgIpc) is 2.43. The van der Waals surface area contributed by atoms with Crippen LogP contribution in [0.2, 0.25) is 0 Å². The largest absolute Gasteiger partial charge is 0.370 e. The van der Waals surface area contributed by atoms with Crippen molar-refractivity contribution in [2.24, 2.45) is 5.73 Å². The lowest BCUT2D eigenvalue weighted by Gasteiger charge is -2.14. The zero-order valence-corrected chi connectivity index (χ0v) is 6.24. The number of hydrogen-bond acceptors (Lipinski definition) is 1. The summed E-state index contributed by atoms with van der Waals surface area (Å²) in [5, 5.41) is 6.97. The van der Waals surface area contributed by atoms with Crippen molar-refractivity contribution >= 4 is 18.4 Å². The van der Waals surface area contributed by atoms with Crippen LogP contribution >= 0.6 is 12.4 Å². The lowest BCUT2D eigenvalue weighted by molar-refractivity contribution is 0.487. The first-order valence-corrected chi connectivity index (χ1v) is 2.78. The van der Waals surface area contributed by atoms with E-state index in [1.165, 1.54) is 12.8 Å². The summed E-state index contributed by atoms with van der Waals surface area (Å²) in [6.45, 7) is 0. The van der Waals surface area contributed by atoms with Gasteiger partial charge in [0.1, 0.15) is 0 Å². The Labute approximate surface area is 61.1 Å². The Kier molecular flexibility index (Phi) is 2.77. The first kappa shape index (κ1) is 8.56. The molecule has 0 aliphatic heterocycles. The summed E-state index contributed by atoms with van der Waals surface area (Å²) in [6.07, 6.45) is 2.41. The minimum Gasteiger partial charge on any atom is -0.370 e. The Morgan fingerprint density at radius 2 is 2.11 bits per heavy atom. The van der Waals surface area contributed by atoms with Gasteiger partial charge in [0.05, 0.1) is 0 Å². The highest BCUT2D eigenvalue weighted by atomic mass is 35.5. The fourth-order valence-electron chi connectivity index (χ4n) is 0.659. The maximum Gasteiger partial charge on any atom is 0.188 e. The number of rotatable bonds is 1. The molecule has 0 saturated heterocycles. The molecular formula is C5H12ClN3. The van der Waals surface area contributed by atoms with Gasteiger partial charge in [0.2, 0.25) is 0 Å². The minimum absolute atomic E-state index is 0. The second-order valence-electron chi connectivity index (χ2n) is 2.23. The van der Waals surface area contributed by atoms with Crippen LogP contribution in [-0.2, 0) is 0 Å². The number of hydrogen-bond donors (Lipinski definition) is 2. The summed E-state index contributed by atoms with van der Waals surface area (Å²) < 4.78 is 0. The van der Waals surface area contributed by atoms with Crippen molar-refractivity contribution in [3.05, 3.63) is 0 Å². The van der Waals surface area contributed by atoms with Gasteiger partial charge in [-0.05, 0) is 12.8 Å². The molecule has 9 heavy (non-hydrogen) atoms. The molecule has 1 fully saturated rings. The zero-order chi connectivity index (χ0) is 6.15. The average molecular weight is 150 g/mol. The SMILES string of the molecule is CN(C(=N)N)C1CC1.Cl. The maximum absolute atomic E-state index is 6.97. The topological polar surface area (TPSA) is 53.1 Å². The third-order valence-electron chi connectivity index (χ3n) is 1.47. The fourth-order valence-corrected chi connectivity index (χ4v) is 0.659. The Balaban J connectivity index is 0.000000640. The zero-order valence-electron chi connectivity index (χ0n) is 5.42. The Morgan fingerprint density at radius 1 is 1.67 bits per heavy atom. The van der Waals surface area contributed by atoms with E-state index in [0.29, 0.717) is 6.04 Å². The van der Waals surface area contributed by atoms with E-state index < -0.39 is 0 Å². The fraction of sp³-hybridized carbons (Fsp3) is 0.800. The predicted octanol–water partition coefficient (Wildman–Crippen LogP) is 0.396. The van der Waals surface area contributed by atoms with Crippen LogP contribution < -0.4 is 5.73 Å². The van der Waals surface area contributed by atoms with Gasteiger partial charge in [-0.25, -0.2) is 0 Å². The van der Waals surface area contributed by atoms with Crippen LogP contribution in [0.4, 0.5) is 0 Å². The second kappa shape index (κ2) is 2.92. The molecule has 0 aromatic rings. The van der Waals surface area contributed by atoms with Gasteiger partial charge < -0.3 is 10.6 Å². The molecule has 0 unspecified atom stereocenters. The predicted molar refractivity (Wildman–Crippen MR) is 39.9 cm³/mol. The summed E-state index contributed by atoms with van der Waals surface area (Å²) in [6, 6.07) is 0.576. The van der Waals surface area contributed by atoms with Crippen molar-refractivity contribution in [3.8, 4) is 0 Å². The molecule has 0 aromatic heterocycles. The van der Waals surface area contributed by atoms with Crippen LogP contribution in [0.25, 0.3) is 0 Å². The number of guanidine groups is 1. The van der Waals surface area contributed by atoms with Crippen LogP contribution in [0.1, 0.15) is 12.8 Å². The smallest absolute Gasteiger partial charge is 0.188 e. The first-order chi connectivity index (χ1) is 3.72. The normalized spacial score (nSPS) is 16.1. The molecule has 4 heteroatoms. The standard InChI is InChI=1S/C5H11N3.ClH/c1-8(5(6)7)4-2-3-4;/h4H,2-3H2,1H3,(H3,6,7);1H. The van der Waals surface area contributed by atoms with Crippen molar-refractivity contribution in [1.82, 2.24) is 4.90 Å². The van der Waals surface area contributed by atoms with Crippen LogP contribution in [0.5, 0.6) is 0 Å². The van der Waals surface area contributed by atoms with Crippen LogP contribution in [-0.4, -0.2) is 23.9 Å². The highest BCUT2D eigenvalue weighted by Crippen LogP contribution is 2.24. The molecule has 0 bridgehead atoms. The maximum atomic E-state index is 6.97. The van der Waals surface area contributed by atoms with Gasteiger partial charge >= 0.3 is 0 Å². The molecule has 0 atom stereocenters. The van der Waals surface area contributed by atoms with E-state index in [9.17, 15) is 0 Å². The quantitative estimate of drug-likeness (QED) is 0.419. The van der Waals surface area contributed by atoms with Gasteiger partial charge in [-0.3, -0.25) is 5.41 Å². The molecule has 1 saturated carbocycles. The summed E-state index contributed by atoms with van der Waals surface area (Å²) in [7, 11) is 1.86. The molecule has 3 N–H and O–H groups in total. The lowest BCUT2D eigenvalue weighted by Crippen LogP contribution is -2.34. The second-order valence-corrected chi connectivity index (χ2v) is 2.23. The van der Waals surface area contributed by atoms with E-state index in [4.69, 9.17) is 11.1 Å². The van der Waals surface area contributed by atoms with Crippen molar-refractivity contribution < 1.29 is 0 Å². The molecule has 0 radical (unpaired) electrons. The van der Waals surface area contributed by atoms with Gasteiger partial charge in [-0.2, -0.15) is 0 Å². The van der Waals surface area contributed by atoms with Crippen LogP contribution in [0.3, 0.4) is 0 Å². The van der Waals surface area contributed by atoms with Crippen molar-refractivity contribution in [3.63, 3.8) is 0 Å². The van der Waals surface area contributed by atoms with E-state index in [-0.39, 0.29) is 18.4 Å². The molecule has 0 spiro atoms. The minimum atomic E-state index is 0. The Hall–Kier alpha value is -0.440. The molecule has 0 amide bonds. The number of nitrogens with zero attached hydrogens (tertiary/aromatic N) is 1. The number of halogens is 1. The van der Waals surface area contributed by atoms with Gasteiger partial charge in [0, 0.05) is 13.1 Å². The number of nitrogens with one attached hydrogen (secondary N) is 1.